The van der Waals surface area contributed by atoms with Crippen molar-refractivity contribution in [3.8, 4) is 0 Å². The second-order valence-electron chi connectivity index (χ2n) is 7.59. The van der Waals surface area contributed by atoms with Crippen molar-refractivity contribution in [3.63, 3.8) is 0 Å². The van der Waals surface area contributed by atoms with E-state index in [0.29, 0.717) is 19.6 Å². The smallest absolute Gasteiger partial charge is 0.243 e. The average molecular weight is 454 g/mol. The van der Waals surface area contributed by atoms with Crippen LogP contribution in [0.15, 0.2) is 52.4 Å². The molecule has 1 aromatic carbocycles. The highest BCUT2D eigenvalue weighted by Gasteiger charge is 2.34. The molecule has 2 heterocycles. The van der Waals surface area contributed by atoms with Gasteiger partial charge in [-0.3, -0.25) is 0 Å². The van der Waals surface area contributed by atoms with Gasteiger partial charge in [-0.25, -0.2) is 16.8 Å². The van der Waals surface area contributed by atoms with Crippen LogP contribution in [0.3, 0.4) is 0 Å². The topological polar surface area (TPSA) is 79.7 Å². The molecule has 1 aromatic heterocycles. The first-order valence-corrected chi connectivity index (χ1v) is 13.3. The third kappa shape index (κ3) is 4.34. The molecular weight excluding hydrogens is 422 g/mol. The van der Waals surface area contributed by atoms with Crippen LogP contribution in [0.25, 0.3) is 0 Å². The third-order valence-electron chi connectivity index (χ3n) is 5.80. The lowest BCUT2D eigenvalue weighted by atomic mass is 10.1. The Morgan fingerprint density at radius 2 is 1.57 bits per heavy atom. The summed E-state index contributed by atoms with van der Waals surface area (Å²) in [6.07, 6.45) is 5.48. The Bertz CT molecular complexity index is 1060. The third-order valence-corrected chi connectivity index (χ3v) is 9.79. The first-order valence-electron chi connectivity index (χ1n) is 10.5. The van der Waals surface area contributed by atoms with Crippen LogP contribution >= 0.6 is 0 Å². The number of rotatable bonds is 7. The monoisotopic (exact) mass is 453 g/mol. The summed E-state index contributed by atoms with van der Waals surface area (Å²) in [5.74, 6) is 0. The van der Waals surface area contributed by atoms with E-state index >= 15 is 0 Å². The highest BCUT2D eigenvalue weighted by atomic mass is 32.2. The molecule has 0 spiro atoms. The highest BCUT2D eigenvalue weighted by molar-refractivity contribution is 7.89. The number of aryl methyl sites for hydroxylation is 1. The highest BCUT2D eigenvalue weighted by Crippen LogP contribution is 2.35. The lowest BCUT2D eigenvalue weighted by molar-refractivity contribution is 0.318. The fourth-order valence-corrected chi connectivity index (χ4v) is 7.24. The fourth-order valence-electron chi connectivity index (χ4n) is 4.12. The molecule has 0 radical (unpaired) electrons. The number of benzene rings is 1. The van der Waals surface area contributed by atoms with Gasteiger partial charge < -0.3 is 4.57 Å². The molecule has 1 fully saturated rings. The van der Waals surface area contributed by atoms with Crippen LogP contribution in [0.2, 0.25) is 0 Å². The van der Waals surface area contributed by atoms with Crippen LogP contribution < -0.4 is 0 Å². The van der Waals surface area contributed by atoms with E-state index in [1.54, 1.807) is 18.2 Å². The van der Waals surface area contributed by atoms with Gasteiger partial charge in [0.05, 0.1) is 15.8 Å². The summed E-state index contributed by atoms with van der Waals surface area (Å²) in [5, 5.41) is 0. The second kappa shape index (κ2) is 9.21. The van der Waals surface area contributed by atoms with Crippen molar-refractivity contribution in [3.05, 3.63) is 48.3 Å². The number of hydrogen-bond donors (Lipinski definition) is 0. The first kappa shape index (κ1) is 23.0. The minimum atomic E-state index is -3.76. The number of hydrogen-bond acceptors (Lipinski definition) is 4. The maximum Gasteiger partial charge on any atom is 0.243 e. The molecule has 30 heavy (non-hydrogen) atoms. The summed E-state index contributed by atoms with van der Waals surface area (Å²) < 4.78 is 57.4. The van der Waals surface area contributed by atoms with Gasteiger partial charge in [-0.15, -0.1) is 0 Å². The van der Waals surface area contributed by atoms with Gasteiger partial charge >= 0.3 is 0 Å². The number of aromatic nitrogens is 1. The minimum Gasteiger partial charge on any atom is -0.353 e. The Labute approximate surface area is 180 Å². The van der Waals surface area contributed by atoms with Crippen LogP contribution in [0.5, 0.6) is 0 Å². The van der Waals surface area contributed by atoms with Crippen LogP contribution in [0.4, 0.5) is 0 Å². The van der Waals surface area contributed by atoms with E-state index in [1.165, 1.54) is 28.6 Å². The van der Waals surface area contributed by atoms with E-state index < -0.39 is 20.0 Å². The molecule has 0 N–H and O–H groups in total. The lowest BCUT2D eigenvalue weighted by Gasteiger charge is -2.29. The molecular formula is C21H31N3O4S2. The summed E-state index contributed by atoms with van der Waals surface area (Å²) in [6.45, 7) is 4.75. The van der Waals surface area contributed by atoms with Gasteiger partial charge in [0.15, 0.2) is 0 Å². The van der Waals surface area contributed by atoms with E-state index in [-0.39, 0.29) is 15.8 Å². The summed E-state index contributed by atoms with van der Waals surface area (Å²) in [5.41, 5.74) is 0.973. The van der Waals surface area contributed by atoms with Crippen molar-refractivity contribution >= 4 is 20.0 Å². The van der Waals surface area contributed by atoms with Crippen molar-refractivity contribution in [1.29, 1.82) is 0 Å². The Morgan fingerprint density at radius 3 is 2.13 bits per heavy atom. The molecule has 1 atom stereocenters. The largest absolute Gasteiger partial charge is 0.353 e. The summed E-state index contributed by atoms with van der Waals surface area (Å²) in [4.78, 5) is 0.238. The summed E-state index contributed by atoms with van der Waals surface area (Å²) in [6, 6.07) is 9.30. The summed E-state index contributed by atoms with van der Waals surface area (Å²) >= 11 is 0. The maximum atomic E-state index is 13.5. The van der Waals surface area contributed by atoms with E-state index in [9.17, 15) is 16.8 Å². The standard InChI is InChI=1S/C21H31N3O4S2/c1-4-23(5-2)29(25,26)18-12-14-19(15-13-18)30(27,28)24-17-8-6-7-10-21(24)20-11-9-16-22(20)3/h9,11-16,21H,4-8,10,17H2,1-3H3/t21-/m0/s1. The van der Waals surface area contributed by atoms with Crippen molar-refractivity contribution in [2.75, 3.05) is 19.6 Å². The molecule has 0 bridgehead atoms. The molecule has 166 valence electrons. The van der Waals surface area contributed by atoms with Gasteiger partial charge in [0.1, 0.15) is 0 Å². The van der Waals surface area contributed by atoms with E-state index in [0.717, 1.165) is 31.4 Å². The van der Waals surface area contributed by atoms with Crippen molar-refractivity contribution in [1.82, 2.24) is 13.2 Å². The van der Waals surface area contributed by atoms with Crippen LogP contribution in [0, 0.1) is 0 Å². The molecule has 3 rings (SSSR count). The van der Waals surface area contributed by atoms with Crippen LogP contribution in [-0.4, -0.2) is 49.6 Å². The minimum absolute atomic E-state index is 0.111. The number of nitrogens with zero attached hydrogens (tertiary/aromatic N) is 3. The Kier molecular flexibility index (Phi) is 7.06. The van der Waals surface area contributed by atoms with E-state index in [1.807, 2.05) is 29.9 Å². The first-order chi connectivity index (χ1) is 14.2. The molecule has 2 aromatic rings. The molecule has 0 aliphatic carbocycles. The zero-order valence-corrected chi connectivity index (χ0v) is 19.5. The Morgan fingerprint density at radius 1 is 0.933 bits per heavy atom. The zero-order valence-electron chi connectivity index (χ0n) is 17.9. The molecule has 1 aliphatic rings. The fraction of sp³-hybridized carbons (Fsp3) is 0.524. The van der Waals surface area contributed by atoms with Gasteiger partial charge in [-0.1, -0.05) is 26.7 Å². The zero-order chi connectivity index (χ0) is 21.9. The van der Waals surface area contributed by atoms with Gasteiger partial charge in [-0.2, -0.15) is 8.61 Å². The maximum absolute atomic E-state index is 13.5. The van der Waals surface area contributed by atoms with Crippen molar-refractivity contribution in [2.24, 2.45) is 7.05 Å². The molecule has 9 heteroatoms. The summed E-state index contributed by atoms with van der Waals surface area (Å²) in [7, 11) is -5.46. The van der Waals surface area contributed by atoms with Crippen LogP contribution in [-0.2, 0) is 27.1 Å². The molecule has 0 saturated carbocycles. The van der Waals surface area contributed by atoms with Crippen molar-refractivity contribution in [2.45, 2.75) is 55.4 Å². The lowest BCUT2D eigenvalue weighted by Crippen LogP contribution is -2.35. The molecule has 7 nitrogen and oxygen atoms in total. The van der Waals surface area contributed by atoms with E-state index in [4.69, 9.17) is 0 Å². The van der Waals surface area contributed by atoms with Crippen LogP contribution in [0.1, 0.15) is 51.3 Å². The predicted octanol–water partition coefficient (Wildman–Crippen LogP) is 3.36. The second-order valence-corrected chi connectivity index (χ2v) is 11.4. The molecule has 1 saturated heterocycles. The SMILES string of the molecule is CCN(CC)S(=O)(=O)c1ccc(S(=O)(=O)N2CCCCC[C@H]2c2cccn2C)cc1. The van der Waals surface area contributed by atoms with Gasteiger partial charge in [0.25, 0.3) is 0 Å². The van der Waals surface area contributed by atoms with Gasteiger partial charge in [0, 0.05) is 38.6 Å². The Balaban J connectivity index is 1.96. The molecule has 1 aliphatic heterocycles. The van der Waals surface area contributed by atoms with Gasteiger partial charge in [-0.05, 0) is 49.2 Å². The predicted molar refractivity (Wildman–Crippen MR) is 117 cm³/mol. The normalized spacial score (nSPS) is 19.1. The Hall–Kier alpha value is -1.68. The van der Waals surface area contributed by atoms with Crippen molar-refractivity contribution < 1.29 is 16.8 Å². The number of sulfonamides is 2. The molecule has 0 unspecified atom stereocenters. The van der Waals surface area contributed by atoms with Gasteiger partial charge in [0.2, 0.25) is 20.0 Å². The quantitative estimate of drug-likeness (QED) is 0.644. The molecule has 0 amide bonds. The van der Waals surface area contributed by atoms with E-state index in [2.05, 4.69) is 0 Å². The average Bonchev–Trinajstić information content (AvgIpc) is 2.99.